The molecule has 4 saturated carbocycles. The van der Waals surface area contributed by atoms with E-state index in [-0.39, 0.29) is 49.5 Å². The number of hydrogen-bond donors (Lipinski definition) is 8. The number of rotatable bonds is 9. The summed E-state index contributed by atoms with van der Waals surface area (Å²) in [6.45, 7) is 1.99. The first-order valence-corrected chi connectivity index (χ1v) is 19.4. The largest absolute Gasteiger partial charge is 0.390 e. The molecule has 0 radical (unpaired) electrons. The van der Waals surface area contributed by atoms with Gasteiger partial charge in [0.2, 0.25) is 0 Å². The van der Waals surface area contributed by atoms with Crippen molar-refractivity contribution in [2.75, 3.05) is 7.05 Å². The van der Waals surface area contributed by atoms with Crippen LogP contribution in [0.25, 0.3) is 0 Å². The minimum absolute atomic E-state index is 0.0156. The molecule has 1 heterocycles. The van der Waals surface area contributed by atoms with E-state index in [1.165, 1.54) is 0 Å². The third-order valence-corrected chi connectivity index (χ3v) is 14.4. The van der Waals surface area contributed by atoms with Crippen LogP contribution in [0.4, 0.5) is 0 Å². The second kappa shape index (κ2) is 14.5. The normalized spacial score (nSPS) is 44.9. The van der Waals surface area contributed by atoms with Gasteiger partial charge in [0.15, 0.2) is 0 Å². The number of nitrogens with zero attached hydrogens (tertiary/aromatic N) is 3. The summed E-state index contributed by atoms with van der Waals surface area (Å²) in [5.74, 6) is -1.37. The van der Waals surface area contributed by atoms with Gasteiger partial charge in [-0.15, -0.1) is 4.33 Å². The average Bonchev–Trinajstić information content (AvgIpc) is 2.96. The SMILES string of the molecule is CC1NC(N)NC(N(C)C2CCC3C(CC(SOOO)C(N=NC4CCC5C(CCCC5S(=O)(=O)O)C4S(=O)(=O)O)C3O)C2)N1. The van der Waals surface area contributed by atoms with Crippen LogP contribution >= 0.6 is 12.0 Å². The third kappa shape index (κ3) is 8.01. The maximum absolute atomic E-state index is 12.7. The summed E-state index contributed by atoms with van der Waals surface area (Å²) in [5, 5.41) is 40.1. The van der Waals surface area contributed by atoms with Crippen LogP contribution in [-0.2, 0) is 29.6 Å². The first-order valence-electron chi connectivity index (χ1n) is 15.6. The van der Waals surface area contributed by atoms with Gasteiger partial charge in [-0.05, 0) is 89.0 Å². The Morgan fingerprint density at radius 3 is 2.31 bits per heavy atom. The van der Waals surface area contributed by atoms with E-state index in [9.17, 15) is 31.0 Å². The van der Waals surface area contributed by atoms with Gasteiger partial charge in [-0.2, -0.15) is 27.1 Å². The molecular formula is C25H47N7O10S3. The van der Waals surface area contributed by atoms with E-state index < -0.39 is 66.0 Å². The van der Waals surface area contributed by atoms with Crippen LogP contribution in [0.5, 0.6) is 0 Å². The molecule has 0 amide bonds. The molecule has 0 aromatic heterocycles. The van der Waals surface area contributed by atoms with Crippen molar-refractivity contribution in [1.82, 2.24) is 20.9 Å². The van der Waals surface area contributed by atoms with Crippen molar-refractivity contribution in [3.05, 3.63) is 0 Å². The number of hydrogen-bond acceptors (Lipinski definition) is 16. The maximum atomic E-state index is 12.7. The second-order valence-corrected chi connectivity index (χ2v) is 17.5. The lowest BCUT2D eigenvalue weighted by atomic mass is 9.66. The summed E-state index contributed by atoms with van der Waals surface area (Å²) in [6.07, 6.45) is 2.84. The highest BCUT2D eigenvalue weighted by molar-refractivity contribution is 7.95. The molecule has 4 aliphatic carbocycles. The topological polar surface area (TPSA) is 258 Å². The molecule has 5 fully saturated rings. The quantitative estimate of drug-likeness (QED) is 0.0534. The number of azo groups is 1. The summed E-state index contributed by atoms with van der Waals surface area (Å²) in [5.41, 5.74) is 6.09. The van der Waals surface area contributed by atoms with Crippen LogP contribution in [0.3, 0.4) is 0 Å². The molecule has 17 nitrogen and oxygen atoms in total. The number of nitrogens with one attached hydrogen (secondary N) is 3. The third-order valence-electron chi connectivity index (χ3n) is 10.8. The van der Waals surface area contributed by atoms with Crippen LogP contribution in [0, 0.1) is 23.7 Å². The lowest BCUT2D eigenvalue weighted by Gasteiger charge is -2.50. The highest BCUT2D eigenvalue weighted by atomic mass is 32.2. The van der Waals surface area contributed by atoms with Gasteiger partial charge in [-0.3, -0.25) is 30.0 Å². The van der Waals surface area contributed by atoms with E-state index >= 15 is 0 Å². The predicted octanol–water partition coefficient (Wildman–Crippen LogP) is 0.472. The Morgan fingerprint density at radius 2 is 1.64 bits per heavy atom. The zero-order valence-electron chi connectivity index (χ0n) is 25.3. The van der Waals surface area contributed by atoms with Gasteiger partial charge >= 0.3 is 0 Å². The molecule has 9 N–H and O–H groups in total. The van der Waals surface area contributed by atoms with E-state index in [0.29, 0.717) is 32.1 Å². The number of nitrogens with two attached hydrogens (primary N) is 1. The van der Waals surface area contributed by atoms with Gasteiger partial charge in [0.25, 0.3) is 20.2 Å². The summed E-state index contributed by atoms with van der Waals surface area (Å²) in [7, 11) is -7.03. The molecule has 5 aliphatic rings. The Balaban J connectivity index is 1.32. The highest BCUT2D eigenvalue weighted by Gasteiger charge is 2.53. The fourth-order valence-corrected chi connectivity index (χ4v) is 12.2. The first-order chi connectivity index (χ1) is 21.2. The van der Waals surface area contributed by atoms with E-state index in [1.807, 2.05) is 14.0 Å². The van der Waals surface area contributed by atoms with Crippen LogP contribution in [0.2, 0.25) is 0 Å². The zero-order chi connectivity index (χ0) is 32.7. The van der Waals surface area contributed by atoms with Crippen molar-refractivity contribution in [2.45, 2.75) is 123 Å². The van der Waals surface area contributed by atoms with Gasteiger partial charge in [0.05, 0.1) is 28.8 Å². The Labute approximate surface area is 268 Å². The summed E-state index contributed by atoms with van der Waals surface area (Å²) in [4.78, 5) is 2.21. The van der Waals surface area contributed by atoms with E-state index in [4.69, 9.17) is 15.3 Å². The molecule has 1 aliphatic heterocycles. The summed E-state index contributed by atoms with van der Waals surface area (Å²) < 4.78 is 74.3. The molecule has 260 valence electrons. The second-order valence-electron chi connectivity index (χ2n) is 13.3. The molecule has 0 spiro atoms. The van der Waals surface area contributed by atoms with Crippen molar-refractivity contribution in [3.63, 3.8) is 0 Å². The molecule has 20 heteroatoms. The van der Waals surface area contributed by atoms with Crippen molar-refractivity contribution < 1.29 is 45.7 Å². The summed E-state index contributed by atoms with van der Waals surface area (Å²) in [6, 6.07) is -1.59. The number of fused-ring (bicyclic) bond motifs is 2. The molecule has 0 aromatic carbocycles. The molecule has 1 saturated heterocycles. The molecular weight excluding hydrogens is 655 g/mol. The Morgan fingerprint density at radius 1 is 0.911 bits per heavy atom. The van der Waals surface area contributed by atoms with Crippen LogP contribution < -0.4 is 21.7 Å². The Hall–Kier alpha value is -0.590. The van der Waals surface area contributed by atoms with E-state index in [2.05, 4.69) is 36.1 Å². The predicted molar refractivity (Wildman–Crippen MR) is 163 cm³/mol. The minimum Gasteiger partial charge on any atom is -0.390 e. The maximum Gasteiger partial charge on any atom is 0.270 e. The van der Waals surface area contributed by atoms with Crippen LogP contribution in [0.15, 0.2) is 10.2 Å². The lowest BCUT2D eigenvalue weighted by molar-refractivity contribution is -0.432. The monoisotopic (exact) mass is 701 g/mol. The Kier molecular flexibility index (Phi) is 11.5. The molecule has 0 bridgehead atoms. The first kappa shape index (κ1) is 35.7. The van der Waals surface area contributed by atoms with Gasteiger partial charge < -0.3 is 10.8 Å². The van der Waals surface area contributed by atoms with Gasteiger partial charge in [0, 0.05) is 18.1 Å². The van der Waals surface area contributed by atoms with Crippen LogP contribution in [0.1, 0.15) is 64.7 Å². The zero-order valence-corrected chi connectivity index (χ0v) is 27.8. The molecule has 5 rings (SSSR count). The minimum atomic E-state index is -4.66. The van der Waals surface area contributed by atoms with Crippen molar-refractivity contribution >= 4 is 32.3 Å². The summed E-state index contributed by atoms with van der Waals surface area (Å²) >= 11 is 0.806. The fourth-order valence-electron chi connectivity index (χ4n) is 8.79. The van der Waals surface area contributed by atoms with Crippen molar-refractivity contribution in [2.24, 2.45) is 39.6 Å². The standard InChI is InChI=1S/C25H47N7O10S3/c1-12-27-24(26)29-25(28-12)32(2)14-6-7-15-13(10-14)11-19(43-42-41-34)21(22(15)33)31-30-18-9-8-16-17(23(18)45(38,39)40)4-3-5-20(16)44(35,36)37/h12-25,27-29,33-34H,3-11,26H2,1-2H3,(H,35,36,37)(H,38,39,40). The lowest BCUT2D eigenvalue weighted by Crippen LogP contribution is -2.74. The fraction of sp³-hybridized carbons (Fsp3) is 1.00. The van der Waals surface area contributed by atoms with Crippen molar-refractivity contribution in [3.8, 4) is 0 Å². The van der Waals surface area contributed by atoms with Gasteiger partial charge in [-0.1, -0.05) is 11.5 Å². The highest BCUT2D eigenvalue weighted by Crippen LogP contribution is 2.48. The van der Waals surface area contributed by atoms with Crippen LogP contribution in [-0.4, -0.2) is 107 Å². The van der Waals surface area contributed by atoms with Crippen molar-refractivity contribution in [1.29, 1.82) is 0 Å². The van der Waals surface area contributed by atoms with Gasteiger partial charge in [0.1, 0.15) is 23.9 Å². The average molecular weight is 702 g/mol. The number of aliphatic hydroxyl groups excluding tert-OH is 1. The van der Waals surface area contributed by atoms with E-state index in [0.717, 1.165) is 24.9 Å². The molecule has 0 aromatic rings. The Bertz CT molecular complexity index is 1260. The van der Waals surface area contributed by atoms with Gasteiger partial charge in [-0.25, -0.2) is 5.26 Å². The van der Waals surface area contributed by atoms with E-state index in [1.54, 1.807) is 0 Å². The molecule has 14 atom stereocenters. The molecule has 14 unspecified atom stereocenters. The number of aliphatic hydroxyl groups is 1. The smallest absolute Gasteiger partial charge is 0.270 e. The molecule has 45 heavy (non-hydrogen) atoms.